The lowest BCUT2D eigenvalue weighted by atomic mass is 10.2. The van der Waals surface area contributed by atoms with Gasteiger partial charge in [0.15, 0.2) is 0 Å². The fourth-order valence-electron chi connectivity index (χ4n) is 1.43. The van der Waals surface area contributed by atoms with Crippen molar-refractivity contribution in [3.63, 3.8) is 0 Å². The highest BCUT2D eigenvalue weighted by Crippen LogP contribution is 2.35. The second-order valence-corrected chi connectivity index (χ2v) is 4.82. The number of amides is 1. The van der Waals surface area contributed by atoms with Crippen molar-refractivity contribution in [2.75, 3.05) is 6.26 Å². The summed E-state index contributed by atoms with van der Waals surface area (Å²) in [6, 6.07) is 0. The Morgan fingerprint density at radius 2 is 2.50 bits per heavy atom. The summed E-state index contributed by atoms with van der Waals surface area (Å²) in [5, 5.41) is 12.2. The van der Waals surface area contributed by atoms with Crippen molar-refractivity contribution in [1.82, 2.24) is 4.90 Å². The van der Waals surface area contributed by atoms with E-state index in [1.165, 1.54) is 4.90 Å². The summed E-state index contributed by atoms with van der Waals surface area (Å²) in [6.07, 6.45) is 2.41. The number of β-lactam (4-membered cyclic amide) rings is 1. The molecular formula is C7H7NO3S. The number of carbonyl (C=O) groups excluding carboxylic acids is 2. The van der Waals surface area contributed by atoms with Gasteiger partial charge in [-0.25, -0.2) is 0 Å². The van der Waals surface area contributed by atoms with Crippen molar-refractivity contribution in [2.45, 2.75) is 11.8 Å². The van der Waals surface area contributed by atoms with Crippen LogP contribution < -0.4 is 5.11 Å². The number of rotatable bonds is 1. The molecule has 2 aliphatic rings. The fourth-order valence-corrected chi connectivity index (χ4v) is 3.12. The van der Waals surface area contributed by atoms with E-state index in [2.05, 4.69) is 0 Å². The average Bonchev–Trinajstić information content (AvgIpc) is 2.22. The molecule has 2 heterocycles. The minimum absolute atomic E-state index is 0.0575. The molecule has 1 saturated heterocycles. The first-order valence-corrected chi connectivity index (χ1v) is 5.26. The molecule has 0 spiro atoms. The smallest absolute Gasteiger partial charge is 0.238 e. The van der Waals surface area contributed by atoms with Gasteiger partial charge in [-0.2, -0.15) is 0 Å². The van der Waals surface area contributed by atoms with Gasteiger partial charge in [0.1, 0.15) is 17.4 Å². The third-order valence-corrected chi connectivity index (χ3v) is 3.93. The largest absolute Gasteiger partial charge is 0.543 e. The van der Waals surface area contributed by atoms with E-state index in [0.717, 1.165) is 0 Å². The van der Waals surface area contributed by atoms with Crippen molar-refractivity contribution in [1.29, 1.82) is 0 Å². The Morgan fingerprint density at radius 3 is 2.92 bits per heavy atom. The molecule has 2 aliphatic heterocycles. The average molecular weight is 185 g/mol. The number of hydrogen-bond acceptors (Lipinski definition) is 3. The van der Waals surface area contributed by atoms with E-state index < -0.39 is 5.97 Å². The molecule has 12 heavy (non-hydrogen) atoms. The monoisotopic (exact) mass is 185 g/mol. The molecule has 2 atom stereocenters. The van der Waals surface area contributed by atoms with Gasteiger partial charge in [0.25, 0.3) is 0 Å². The minimum atomic E-state index is -1.25. The Kier molecular flexibility index (Phi) is 1.44. The summed E-state index contributed by atoms with van der Waals surface area (Å²) >= 11 is 0. The van der Waals surface area contributed by atoms with Crippen LogP contribution in [0.25, 0.3) is 0 Å². The molecule has 0 aliphatic carbocycles. The molecule has 0 radical (unpaired) electrons. The zero-order valence-corrected chi connectivity index (χ0v) is 7.26. The van der Waals surface area contributed by atoms with E-state index in [-0.39, 0.29) is 27.9 Å². The Morgan fingerprint density at radius 1 is 1.83 bits per heavy atom. The molecule has 0 saturated carbocycles. The summed E-state index contributed by atoms with van der Waals surface area (Å²) < 4.78 is 0. The predicted molar refractivity (Wildman–Crippen MR) is 41.6 cm³/mol. The van der Waals surface area contributed by atoms with Crippen LogP contribution in [-0.2, 0) is 20.5 Å². The molecule has 1 unspecified atom stereocenters. The van der Waals surface area contributed by atoms with Gasteiger partial charge >= 0.3 is 0 Å². The fraction of sp³-hybridized carbons (Fsp3) is 0.429. The van der Waals surface area contributed by atoms with Gasteiger partial charge in [-0.1, -0.05) is 0 Å². The van der Waals surface area contributed by atoms with Crippen molar-refractivity contribution < 1.29 is 14.7 Å². The standard InChI is InChI=1S/C7H7NO3S/c1-12-3-4(7(10)11)8-5(9)2-6(8)12/h3,6H,2H2,1H3/t6-,12?/m1/s1. The predicted octanol–water partition coefficient (Wildman–Crippen LogP) is -1.60. The van der Waals surface area contributed by atoms with Crippen molar-refractivity contribution in [3.05, 3.63) is 11.1 Å². The molecule has 0 bridgehead atoms. The van der Waals surface area contributed by atoms with Gasteiger partial charge in [-0.15, -0.1) is 0 Å². The molecule has 2 rings (SSSR count). The quantitative estimate of drug-likeness (QED) is 0.365. The molecule has 1 amide bonds. The molecule has 4 nitrogen and oxygen atoms in total. The normalized spacial score (nSPS) is 32.6. The van der Waals surface area contributed by atoms with Crippen molar-refractivity contribution in [2.24, 2.45) is 0 Å². The van der Waals surface area contributed by atoms with Gasteiger partial charge in [0.2, 0.25) is 11.3 Å². The highest BCUT2D eigenvalue weighted by Gasteiger charge is 2.53. The zero-order valence-electron chi connectivity index (χ0n) is 6.44. The van der Waals surface area contributed by atoms with Crippen LogP contribution in [0.2, 0.25) is 0 Å². The summed E-state index contributed by atoms with van der Waals surface area (Å²) in [5.74, 6) is -1.35. The highest BCUT2D eigenvalue weighted by atomic mass is 32.2. The lowest BCUT2D eigenvalue weighted by molar-refractivity contribution is -0.301. The maximum Gasteiger partial charge on any atom is 0.238 e. The van der Waals surface area contributed by atoms with E-state index in [0.29, 0.717) is 6.42 Å². The van der Waals surface area contributed by atoms with E-state index in [9.17, 15) is 14.7 Å². The Bertz CT molecular complexity index is 299. The number of fused-ring (bicyclic) bond motifs is 1. The SMILES string of the molecule is C[S+]1C=C(C(=O)[O-])N2C(=O)C[C@H]21. The first-order chi connectivity index (χ1) is 5.61. The van der Waals surface area contributed by atoms with Crippen LogP contribution >= 0.6 is 0 Å². The Hall–Kier alpha value is -0.970. The lowest BCUT2D eigenvalue weighted by Crippen LogP contribution is -2.53. The van der Waals surface area contributed by atoms with Crippen LogP contribution in [0.1, 0.15) is 6.42 Å². The molecule has 1 fully saturated rings. The minimum Gasteiger partial charge on any atom is -0.543 e. The number of hydrogen-bond donors (Lipinski definition) is 0. The molecule has 0 aromatic rings. The van der Waals surface area contributed by atoms with Crippen LogP contribution in [0.4, 0.5) is 0 Å². The van der Waals surface area contributed by atoms with Gasteiger partial charge in [-0.05, 0) is 0 Å². The molecule has 0 aromatic heterocycles. The first kappa shape index (κ1) is 7.67. The first-order valence-electron chi connectivity index (χ1n) is 3.50. The topological polar surface area (TPSA) is 60.4 Å². The third kappa shape index (κ3) is 0.797. The van der Waals surface area contributed by atoms with Crippen LogP contribution in [-0.4, -0.2) is 28.4 Å². The molecule has 0 aromatic carbocycles. The highest BCUT2D eigenvalue weighted by molar-refractivity contribution is 7.99. The summed E-state index contributed by atoms with van der Waals surface area (Å²) in [5.41, 5.74) is 0.0575. The van der Waals surface area contributed by atoms with Gasteiger partial charge in [0.05, 0.1) is 12.4 Å². The second-order valence-electron chi connectivity index (χ2n) is 2.82. The summed E-state index contributed by atoms with van der Waals surface area (Å²) in [7, 11) is -0.110. The number of carbonyl (C=O) groups is 2. The maximum absolute atomic E-state index is 11.0. The van der Waals surface area contributed by atoms with Gasteiger partial charge in [0, 0.05) is 10.9 Å². The van der Waals surface area contributed by atoms with Crippen molar-refractivity contribution in [3.8, 4) is 0 Å². The maximum atomic E-state index is 11.0. The lowest BCUT2D eigenvalue weighted by Gasteiger charge is -2.32. The van der Waals surface area contributed by atoms with Gasteiger partial charge < -0.3 is 9.90 Å². The Balaban J connectivity index is 2.29. The number of carboxylic acids is 1. The third-order valence-electron chi connectivity index (χ3n) is 2.10. The molecular weight excluding hydrogens is 178 g/mol. The van der Waals surface area contributed by atoms with Crippen molar-refractivity contribution >= 4 is 22.8 Å². The van der Waals surface area contributed by atoms with Crippen LogP contribution in [0.3, 0.4) is 0 Å². The number of nitrogens with zero attached hydrogens (tertiary/aromatic N) is 1. The summed E-state index contributed by atoms with van der Waals surface area (Å²) in [4.78, 5) is 22.8. The molecule has 5 heteroatoms. The Labute approximate surface area is 72.2 Å². The molecule has 64 valence electrons. The van der Waals surface area contributed by atoms with E-state index in [1.54, 1.807) is 5.41 Å². The number of carboxylic acid groups (broad SMARTS) is 1. The van der Waals surface area contributed by atoms with E-state index >= 15 is 0 Å². The van der Waals surface area contributed by atoms with E-state index in [1.807, 2.05) is 6.26 Å². The van der Waals surface area contributed by atoms with Crippen LogP contribution in [0.15, 0.2) is 11.1 Å². The van der Waals surface area contributed by atoms with Gasteiger partial charge in [-0.3, -0.25) is 9.69 Å². The molecule has 0 N–H and O–H groups in total. The van der Waals surface area contributed by atoms with Crippen LogP contribution in [0, 0.1) is 0 Å². The number of aliphatic carboxylic acids is 1. The summed E-state index contributed by atoms with van der Waals surface area (Å²) in [6.45, 7) is 0. The zero-order chi connectivity index (χ0) is 8.88. The van der Waals surface area contributed by atoms with Crippen LogP contribution in [0.5, 0.6) is 0 Å². The van der Waals surface area contributed by atoms with E-state index in [4.69, 9.17) is 0 Å². The second kappa shape index (κ2) is 2.26.